The highest BCUT2D eigenvalue weighted by Crippen LogP contribution is 2.40. The molecule has 0 radical (unpaired) electrons. The first-order valence-corrected chi connectivity index (χ1v) is 9.86. The Morgan fingerprint density at radius 3 is 2.63 bits per heavy atom. The normalized spacial score (nSPS) is 16.0. The van der Waals surface area contributed by atoms with Gasteiger partial charge in [0.2, 0.25) is 5.91 Å². The molecule has 0 aromatic carbocycles. The van der Waals surface area contributed by atoms with E-state index >= 15 is 0 Å². The maximum Gasteiger partial charge on any atom is 0.270 e. The molecular weight excluding hydrogens is 378 g/mol. The van der Waals surface area contributed by atoms with Crippen LogP contribution in [0.5, 0.6) is 0 Å². The van der Waals surface area contributed by atoms with Crippen molar-refractivity contribution in [3.05, 3.63) is 82.6 Å². The van der Waals surface area contributed by atoms with E-state index in [1.54, 1.807) is 18.5 Å². The Bertz CT molecular complexity index is 1090. The van der Waals surface area contributed by atoms with Gasteiger partial charge in [-0.3, -0.25) is 19.6 Å². The van der Waals surface area contributed by atoms with Crippen LogP contribution in [0.3, 0.4) is 0 Å². The fraction of sp³-hybridized carbons (Fsp3) is 0.261. The zero-order valence-electron chi connectivity index (χ0n) is 17.1. The van der Waals surface area contributed by atoms with Crippen molar-refractivity contribution < 1.29 is 9.59 Å². The molecule has 0 fully saturated rings. The first-order chi connectivity index (χ1) is 14.4. The molecule has 1 aliphatic rings. The van der Waals surface area contributed by atoms with Crippen LogP contribution in [0.4, 0.5) is 5.82 Å². The van der Waals surface area contributed by atoms with Crippen molar-refractivity contribution in [1.82, 2.24) is 20.3 Å². The van der Waals surface area contributed by atoms with Gasteiger partial charge in [-0.2, -0.15) is 0 Å². The summed E-state index contributed by atoms with van der Waals surface area (Å²) in [5.74, 6) is -0.114. The number of anilines is 1. The summed E-state index contributed by atoms with van der Waals surface area (Å²) in [5, 5.41) is 5.72. The van der Waals surface area contributed by atoms with E-state index in [4.69, 9.17) is 0 Å². The lowest BCUT2D eigenvalue weighted by Gasteiger charge is -2.18. The monoisotopic (exact) mass is 401 g/mol. The van der Waals surface area contributed by atoms with Gasteiger partial charge in [0.15, 0.2) is 0 Å². The minimum absolute atomic E-state index is 0.0686. The summed E-state index contributed by atoms with van der Waals surface area (Å²) in [4.78, 5) is 37.8. The quantitative estimate of drug-likeness (QED) is 0.684. The number of carbonyl (C=O) groups excluding carboxylic acids is 2. The predicted molar refractivity (Wildman–Crippen MR) is 113 cm³/mol. The van der Waals surface area contributed by atoms with Gasteiger partial charge in [-0.05, 0) is 55.2 Å². The van der Waals surface area contributed by atoms with Crippen molar-refractivity contribution in [2.24, 2.45) is 0 Å². The van der Waals surface area contributed by atoms with Crippen molar-refractivity contribution >= 4 is 17.6 Å². The van der Waals surface area contributed by atoms with Gasteiger partial charge in [0.05, 0.1) is 5.92 Å². The maximum absolute atomic E-state index is 12.5. The lowest BCUT2D eigenvalue weighted by molar-refractivity contribution is -0.117. The Morgan fingerprint density at radius 1 is 1.17 bits per heavy atom. The SMILES string of the molecule is Cc1cc(CNC(=O)c2ccc([C@@H](C)C3C(=O)Nc4ncccc43)cn2)cc(C)n1. The molecule has 0 bridgehead atoms. The Hall–Kier alpha value is -3.61. The zero-order valence-corrected chi connectivity index (χ0v) is 17.1. The van der Waals surface area contributed by atoms with Gasteiger partial charge in [-0.15, -0.1) is 0 Å². The van der Waals surface area contributed by atoms with E-state index in [1.165, 1.54) is 0 Å². The van der Waals surface area contributed by atoms with Crippen molar-refractivity contribution in [1.29, 1.82) is 0 Å². The van der Waals surface area contributed by atoms with Crippen LogP contribution in [0.1, 0.15) is 57.3 Å². The number of nitrogens with one attached hydrogen (secondary N) is 2. The highest BCUT2D eigenvalue weighted by atomic mass is 16.2. The van der Waals surface area contributed by atoms with E-state index in [0.717, 1.165) is 28.1 Å². The predicted octanol–water partition coefficient (Wildman–Crippen LogP) is 3.26. The molecule has 0 aliphatic carbocycles. The molecule has 0 spiro atoms. The van der Waals surface area contributed by atoms with Crippen LogP contribution in [-0.2, 0) is 11.3 Å². The van der Waals surface area contributed by atoms with Gasteiger partial charge >= 0.3 is 0 Å². The number of aryl methyl sites for hydroxylation is 2. The summed E-state index contributed by atoms with van der Waals surface area (Å²) in [5.41, 5.74) is 4.96. The third kappa shape index (κ3) is 3.91. The summed E-state index contributed by atoms with van der Waals surface area (Å²) >= 11 is 0. The Balaban J connectivity index is 1.45. The summed E-state index contributed by atoms with van der Waals surface area (Å²) < 4.78 is 0. The summed E-state index contributed by atoms with van der Waals surface area (Å²) in [7, 11) is 0. The molecule has 1 unspecified atom stereocenters. The second-order valence-electron chi connectivity index (χ2n) is 7.61. The Kier molecular flexibility index (Phi) is 5.27. The number of aromatic nitrogens is 3. The first kappa shape index (κ1) is 19.7. The molecule has 0 saturated carbocycles. The second-order valence-corrected chi connectivity index (χ2v) is 7.61. The number of hydrogen-bond donors (Lipinski definition) is 2. The standard InChI is InChI=1S/C23H23N5O2/c1-13-9-16(10-14(2)27-13)11-26-22(29)19-7-6-17(12-25-19)15(3)20-18-5-4-8-24-21(18)28-23(20)30/h4-10,12,15,20H,11H2,1-3H3,(H,26,29)(H,24,28,30)/t15-,20?/m1/s1. The van der Waals surface area contributed by atoms with E-state index in [9.17, 15) is 9.59 Å². The van der Waals surface area contributed by atoms with Crippen molar-refractivity contribution in [2.75, 3.05) is 5.32 Å². The number of fused-ring (bicyclic) bond motifs is 1. The van der Waals surface area contributed by atoms with E-state index in [-0.39, 0.29) is 23.7 Å². The summed E-state index contributed by atoms with van der Waals surface area (Å²) in [6.07, 6.45) is 3.33. The van der Waals surface area contributed by atoms with Crippen LogP contribution in [-0.4, -0.2) is 26.8 Å². The van der Waals surface area contributed by atoms with Gasteiger partial charge in [0.25, 0.3) is 5.91 Å². The van der Waals surface area contributed by atoms with Gasteiger partial charge < -0.3 is 10.6 Å². The number of amides is 2. The van der Waals surface area contributed by atoms with Crippen LogP contribution < -0.4 is 10.6 Å². The second kappa shape index (κ2) is 8.02. The van der Waals surface area contributed by atoms with Gasteiger partial charge in [-0.25, -0.2) is 4.98 Å². The first-order valence-electron chi connectivity index (χ1n) is 9.86. The zero-order chi connectivity index (χ0) is 21.3. The smallest absolute Gasteiger partial charge is 0.270 e. The van der Waals surface area contributed by atoms with Gasteiger partial charge in [-0.1, -0.05) is 19.1 Å². The molecule has 7 nitrogen and oxygen atoms in total. The molecular formula is C23H23N5O2. The number of pyridine rings is 3. The maximum atomic E-state index is 12.5. The van der Waals surface area contributed by atoms with Gasteiger partial charge in [0.1, 0.15) is 11.5 Å². The third-order valence-electron chi connectivity index (χ3n) is 5.34. The summed E-state index contributed by atoms with van der Waals surface area (Å²) in [6, 6.07) is 11.2. The molecule has 3 aromatic rings. The van der Waals surface area contributed by atoms with E-state index in [2.05, 4.69) is 25.6 Å². The topological polar surface area (TPSA) is 96.9 Å². The molecule has 4 rings (SSSR count). The summed E-state index contributed by atoms with van der Waals surface area (Å²) in [6.45, 7) is 6.25. The van der Waals surface area contributed by atoms with E-state index in [1.807, 2.05) is 51.1 Å². The van der Waals surface area contributed by atoms with Crippen LogP contribution >= 0.6 is 0 Å². The fourth-order valence-corrected chi connectivity index (χ4v) is 3.90. The third-order valence-corrected chi connectivity index (χ3v) is 5.34. The minimum atomic E-state index is -0.326. The number of nitrogens with zero attached hydrogens (tertiary/aromatic N) is 3. The average Bonchev–Trinajstić information content (AvgIpc) is 3.06. The van der Waals surface area contributed by atoms with Crippen LogP contribution in [0.25, 0.3) is 0 Å². The molecule has 4 heterocycles. The lowest BCUT2D eigenvalue weighted by atomic mass is 9.84. The molecule has 152 valence electrons. The highest BCUT2D eigenvalue weighted by Gasteiger charge is 2.36. The van der Waals surface area contributed by atoms with Crippen molar-refractivity contribution in [3.8, 4) is 0 Å². The molecule has 2 N–H and O–H groups in total. The molecule has 3 aromatic heterocycles. The van der Waals surface area contributed by atoms with Crippen LogP contribution in [0.2, 0.25) is 0 Å². The Labute approximate surface area is 175 Å². The highest BCUT2D eigenvalue weighted by molar-refractivity contribution is 6.02. The van der Waals surface area contributed by atoms with Crippen LogP contribution in [0.15, 0.2) is 48.8 Å². The van der Waals surface area contributed by atoms with Crippen molar-refractivity contribution in [2.45, 2.75) is 39.2 Å². The minimum Gasteiger partial charge on any atom is -0.347 e. The number of carbonyl (C=O) groups is 2. The largest absolute Gasteiger partial charge is 0.347 e. The number of rotatable bonds is 5. The van der Waals surface area contributed by atoms with E-state index in [0.29, 0.717) is 18.1 Å². The van der Waals surface area contributed by atoms with Crippen molar-refractivity contribution in [3.63, 3.8) is 0 Å². The number of hydrogen-bond acceptors (Lipinski definition) is 5. The average molecular weight is 401 g/mol. The molecule has 1 aliphatic heterocycles. The molecule has 2 atom stereocenters. The molecule has 2 amide bonds. The lowest BCUT2D eigenvalue weighted by Crippen LogP contribution is -2.24. The van der Waals surface area contributed by atoms with E-state index < -0.39 is 0 Å². The Morgan fingerprint density at radius 2 is 1.93 bits per heavy atom. The fourth-order valence-electron chi connectivity index (χ4n) is 3.90. The molecule has 30 heavy (non-hydrogen) atoms. The van der Waals surface area contributed by atoms with Gasteiger partial charge in [0, 0.05) is 35.9 Å². The molecule has 0 saturated heterocycles. The molecule has 7 heteroatoms. The van der Waals surface area contributed by atoms with Crippen LogP contribution in [0, 0.1) is 13.8 Å².